The van der Waals surface area contributed by atoms with Crippen molar-refractivity contribution in [1.29, 1.82) is 0 Å². The third kappa shape index (κ3) is 2.61. The number of aromatic nitrogens is 2. The lowest BCUT2D eigenvalue weighted by molar-refractivity contribution is 0.618. The maximum atomic E-state index is 5.92. The van der Waals surface area contributed by atoms with Crippen LogP contribution >= 0.6 is 11.6 Å². The fraction of sp³-hybridized carbons (Fsp3) is 0.308. The summed E-state index contributed by atoms with van der Waals surface area (Å²) >= 11 is 5.86. The Morgan fingerprint density at radius 2 is 1.94 bits per heavy atom. The van der Waals surface area contributed by atoms with E-state index in [-0.39, 0.29) is 0 Å². The summed E-state index contributed by atoms with van der Waals surface area (Å²) < 4.78 is 1.95. The molecule has 0 spiro atoms. The van der Waals surface area contributed by atoms with Gasteiger partial charge in [0.1, 0.15) is 0 Å². The number of halogens is 1. The number of hydrogen-bond donors (Lipinski definition) is 1. The number of rotatable bonds is 3. The van der Waals surface area contributed by atoms with Gasteiger partial charge >= 0.3 is 0 Å². The number of hydrogen-bond acceptors (Lipinski definition) is 2. The van der Waals surface area contributed by atoms with E-state index in [1.807, 2.05) is 28.9 Å². The lowest BCUT2D eigenvalue weighted by Crippen LogP contribution is -2.08. The predicted octanol–water partition coefficient (Wildman–Crippen LogP) is 3.29. The first-order chi connectivity index (χ1) is 8.08. The van der Waals surface area contributed by atoms with Gasteiger partial charge in [-0.15, -0.1) is 0 Å². The second-order valence-corrected chi connectivity index (χ2v) is 4.86. The van der Waals surface area contributed by atoms with Gasteiger partial charge in [-0.25, -0.2) is 0 Å². The van der Waals surface area contributed by atoms with E-state index in [2.05, 4.69) is 18.9 Å². The average molecular weight is 250 g/mol. The van der Waals surface area contributed by atoms with Crippen molar-refractivity contribution in [3.63, 3.8) is 0 Å². The lowest BCUT2D eigenvalue weighted by Gasteiger charge is -2.11. The monoisotopic (exact) mass is 249 g/mol. The molecule has 17 heavy (non-hydrogen) atoms. The number of anilines is 1. The number of benzene rings is 1. The molecule has 4 heteroatoms. The van der Waals surface area contributed by atoms with Crippen LogP contribution in [0.25, 0.3) is 0 Å². The first kappa shape index (κ1) is 12.0. The van der Waals surface area contributed by atoms with Crippen molar-refractivity contribution < 1.29 is 0 Å². The molecule has 0 aliphatic rings. The molecule has 0 saturated heterocycles. The molecule has 0 aliphatic carbocycles. The van der Waals surface area contributed by atoms with Crippen LogP contribution in [0.1, 0.15) is 31.0 Å². The summed E-state index contributed by atoms with van der Waals surface area (Å²) in [5.41, 5.74) is 8.92. The van der Waals surface area contributed by atoms with E-state index in [1.54, 1.807) is 6.20 Å². The first-order valence-corrected chi connectivity index (χ1v) is 6.01. The number of nitrogens with two attached hydrogens (primary N) is 1. The Bertz CT molecular complexity index is 500. The molecule has 3 nitrogen and oxygen atoms in total. The number of nitrogen functional groups attached to an aromatic ring is 1. The fourth-order valence-corrected chi connectivity index (χ4v) is 2.06. The molecule has 0 unspecified atom stereocenters. The van der Waals surface area contributed by atoms with E-state index in [9.17, 15) is 0 Å². The molecule has 1 aromatic heterocycles. The molecule has 0 aliphatic heterocycles. The van der Waals surface area contributed by atoms with Gasteiger partial charge in [-0.1, -0.05) is 37.6 Å². The first-order valence-electron chi connectivity index (χ1n) is 5.63. The van der Waals surface area contributed by atoms with Crippen LogP contribution in [0, 0.1) is 0 Å². The zero-order valence-corrected chi connectivity index (χ0v) is 10.8. The summed E-state index contributed by atoms with van der Waals surface area (Å²) in [6.45, 7) is 4.96. The quantitative estimate of drug-likeness (QED) is 0.907. The Hall–Kier alpha value is -1.48. The molecule has 2 aromatic rings. The molecule has 90 valence electrons. The zero-order valence-electron chi connectivity index (χ0n) is 10.0. The van der Waals surface area contributed by atoms with Crippen molar-refractivity contribution in [1.82, 2.24) is 9.78 Å². The molecular formula is C13H16ClN3. The Morgan fingerprint density at radius 1 is 1.29 bits per heavy atom. The highest BCUT2D eigenvalue weighted by atomic mass is 35.5. The molecule has 0 fully saturated rings. The molecule has 0 saturated carbocycles. The summed E-state index contributed by atoms with van der Waals surface area (Å²) in [4.78, 5) is 0. The van der Waals surface area contributed by atoms with E-state index in [4.69, 9.17) is 17.3 Å². The summed E-state index contributed by atoms with van der Waals surface area (Å²) in [6.07, 6.45) is 1.71. The van der Waals surface area contributed by atoms with E-state index in [0.717, 1.165) is 22.9 Å². The SMILES string of the molecule is CC(C)c1c(N)cnn1Cc1ccc(Cl)cc1. The van der Waals surface area contributed by atoms with Gasteiger partial charge in [-0.2, -0.15) is 5.10 Å². The van der Waals surface area contributed by atoms with Gasteiger partial charge in [-0.3, -0.25) is 4.68 Å². The molecular weight excluding hydrogens is 234 g/mol. The van der Waals surface area contributed by atoms with Crippen LogP contribution in [0.2, 0.25) is 5.02 Å². The molecule has 2 N–H and O–H groups in total. The van der Waals surface area contributed by atoms with Crippen LogP contribution < -0.4 is 5.73 Å². The normalized spacial score (nSPS) is 11.1. The number of nitrogens with zero attached hydrogens (tertiary/aromatic N) is 2. The largest absolute Gasteiger partial charge is 0.396 e. The van der Waals surface area contributed by atoms with Gasteiger partial charge in [0.15, 0.2) is 0 Å². The highest BCUT2D eigenvalue weighted by Gasteiger charge is 2.11. The predicted molar refractivity (Wildman–Crippen MR) is 71.3 cm³/mol. The van der Waals surface area contributed by atoms with Crippen LogP contribution in [0.15, 0.2) is 30.5 Å². The Balaban J connectivity index is 2.27. The lowest BCUT2D eigenvalue weighted by atomic mass is 10.1. The van der Waals surface area contributed by atoms with Gasteiger partial charge in [0, 0.05) is 5.02 Å². The molecule has 0 radical (unpaired) electrons. The summed E-state index contributed by atoms with van der Waals surface area (Å²) in [5.74, 6) is 0.366. The van der Waals surface area contributed by atoms with Gasteiger partial charge in [0.2, 0.25) is 0 Å². The Morgan fingerprint density at radius 3 is 2.53 bits per heavy atom. The fourth-order valence-electron chi connectivity index (χ4n) is 1.93. The van der Waals surface area contributed by atoms with Crippen LogP contribution in [0.5, 0.6) is 0 Å². The topological polar surface area (TPSA) is 43.8 Å². The van der Waals surface area contributed by atoms with Crippen molar-refractivity contribution in [2.45, 2.75) is 26.3 Å². The molecule has 0 atom stereocenters. The van der Waals surface area contributed by atoms with Crippen molar-refractivity contribution in [2.75, 3.05) is 5.73 Å². The highest BCUT2D eigenvalue weighted by molar-refractivity contribution is 6.30. The van der Waals surface area contributed by atoms with E-state index in [1.165, 1.54) is 5.56 Å². The molecule has 0 amide bonds. The van der Waals surface area contributed by atoms with Crippen LogP contribution in [0.3, 0.4) is 0 Å². The molecule has 2 rings (SSSR count). The van der Waals surface area contributed by atoms with Gasteiger partial charge in [0.05, 0.1) is 24.1 Å². The smallest absolute Gasteiger partial charge is 0.0735 e. The minimum absolute atomic E-state index is 0.366. The minimum Gasteiger partial charge on any atom is -0.396 e. The zero-order chi connectivity index (χ0) is 12.4. The van der Waals surface area contributed by atoms with E-state index < -0.39 is 0 Å². The Labute approximate surface area is 106 Å². The van der Waals surface area contributed by atoms with Crippen molar-refractivity contribution in [3.8, 4) is 0 Å². The van der Waals surface area contributed by atoms with E-state index in [0.29, 0.717) is 5.92 Å². The van der Waals surface area contributed by atoms with Crippen molar-refractivity contribution >= 4 is 17.3 Å². The van der Waals surface area contributed by atoms with Crippen molar-refractivity contribution in [3.05, 3.63) is 46.7 Å². The van der Waals surface area contributed by atoms with E-state index >= 15 is 0 Å². The summed E-state index contributed by atoms with van der Waals surface area (Å²) in [6, 6.07) is 7.78. The van der Waals surface area contributed by atoms with Crippen LogP contribution in [0.4, 0.5) is 5.69 Å². The van der Waals surface area contributed by atoms with Crippen molar-refractivity contribution in [2.24, 2.45) is 0 Å². The third-order valence-corrected chi connectivity index (χ3v) is 2.95. The summed E-state index contributed by atoms with van der Waals surface area (Å²) in [7, 11) is 0. The maximum Gasteiger partial charge on any atom is 0.0735 e. The molecule has 1 heterocycles. The van der Waals surface area contributed by atoms with Gasteiger partial charge < -0.3 is 5.73 Å². The third-order valence-electron chi connectivity index (χ3n) is 2.70. The van der Waals surface area contributed by atoms with Crippen LogP contribution in [-0.2, 0) is 6.54 Å². The standard InChI is InChI=1S/C13H16ClN3/c1-9(2)13-12(15)7-16-17(13)8-10-3-5-11(14)6-4-10/h3-7,9H,8,15H2,1-2H3. The Kier molecular flexibility index (Phi) is 3.38. The van der Waals surface area contributed by atoms with Gasteiger partial charge in [-0.05, 0) is 23.6 Å². The summed E-state index contributed by atoms with van der Waals surface area (Å²) in [5, 5.41) is 5.06. The van der Waals surface area contributed by atoms with Crippen LogP contribution in [-0.4, -0.2) is 9.78 Å². The highest BCUT2D eigenvalue weighted by Crippen LogP contribution is 2.22. The second-order valence-electron chi connectivity index (χ2n) is 4.42. The average Bonchev–Trinajstić information content (AvgIpc) is 2.63. The van der Waals surface area contributed by atoms with Gasteiger partial charge in [0.25, 0.3) is 0 Å². The molecule has 1 aromatic carbocycles. The maximum absolute atomic E-state index is 5.92. The minimum atomic E-state index is 0.366. The second kappa shape index (κ2) is 4.80. The molecule has 0 bridgehead atoms.